The van der Waals surface area contributed by atoms with E-state index in [1.807, 2.05) is 0 Å². The standard InChI is InChI=1S/C9H16O4/c1-6(9(11)12)4-13-5-8-2-7(8)3-10/h6-8,10H,2-5H2,1H3,(H,11,12)/t6?,7-,8+/m1/s1. The molecule has 1 aliphatic rings. The Morgan fingerprint density at radius 3 is 2.77 bits per heavy atom. The fourth-order valence-electron chi connectivity index (χ4n) is 1.21. The molecule has 4 heteroatoms. The first kappa shape index (κ1) is 10.5. The van der Waals surface area contributed by atoms with E-state index in [-0.39, 0.29) is 13.2 Å². The number of aliphatic carboxylic acids is 1. The van der Waals surface area contributed by atoms with Crippen LogP contribution in [-0.4, -0.2) is 36.0 Å². The van der Waals surface area contributed by atoms with Gasteiger partial charge in [-0.2, -0.15) is 0 Å². The summed E-state index contributed by atoms with van der Waals surface area (Å²) in [5, 5.41) is 17.3. The average Bonchev–Trinajstić information content (AvgIpc) is 2.83. The minimum absolute atomic E-state index is 0.225. The maximum Gasteiger partial charge on any atom is 0.308 e. The molecule has 1 aliphatic carbocycles. The van der Waals surface area contributed by atoms with Crippen molar-refractivity contribution in [2.24, 2.45) is 17.8 Å². The molecule has 4 nitrogen and oxygen atoms in total. The molecule has 0 aromatic carbocycles. The predicted molar refractivity (Wildman–Crippen MR) is 46.3 cm³/mol. The number of rotatable bonds is 6. The van der Waals surface area contributed by atoms with Crippen LogP contribution in [0.25, 0.3) is 0 Å². The molecule has 1 rings (SSSR count). The summed E-state index contributed by atoms with van der Waals surface area (Å²) in [5.41, 5.74) is 0. The van der Waals surface area contributed by atoms with Crippen molar-refractivity contribution in [2.45, 2.75) is 13.3 Å². The molecule has 0 heterocycles. The van der Waals surface area contributed by atoms with Crippen LogP contribution in [0, 0.1) is 17.8 Å². The Balaban J connectivity index is 1.99. The Morgan fingerprint density at radius 1 is 1.62 bits per heavy atom. The summed E-state index contributed by atoms with van der Waals surface area (Å²) < 4.78 is 5.22. The van der Waals surface area contributed by atoms with Gasteiger partial charge in [-0.1, -0.05) is 0 Å². The van der Waals surface area contributed by atoms with E-state index < -0.39 is 11.9 Å². The number of carboxylic acids is 1. The minimum atomic E-state index is -0.825. The fourth-order valence-corrected chi connectivity index (χ4v) is 1.21. The lowest BCUT2D eigenvalue weighted by molar-refractivity contribution is -0.143. The Labute approximate surface area is 77.5 Å². The Bertz CT molecular complexity index is 180. The molecule has 0 spiro atoms. The number of aliphatic hydroxyl groups is 1. The van der Waals surface area contributed by atoms with Crippen molar-refractivity contribution in [3.8, 4) is 0 Å². The predicted octanol–water partition coefficient (Wildman–Crippen LogP) is 0.352. The Kier molecular flexibility index (Phi) is 3.69. The second kappa shape index (κ2) is 4.58. The van der Waals surface area contributed by atoms with Gasteiger partial charge in [0, 0.05) is 13.2 Å². The summed E-state index contributed by atoms with van der Waals surface area (Å²) in [4.78, 5) is 10.4. The van der Waals surface area contributed by atoms with Gasteiger partial charge < -0.3 is 14.9 Å². The second-order valence-electron chi connectivity index (χ2n) is 3.72. The number of hydrogen-bond donors (Lipinski definition) is 2. The van der Waals surface area contributed by atoms with Gasteiger partial charge in [0.1, 0.15) is 0 Å². The largest absolute Gasteiger partial charge is 0.481 e. The first-order valence-electron chi connectivity index (χ1n) is 4.56. The third kappa shape index (κ3) is 3.32. The number of carbonyl (C=O) groups is 1. The zero-order chi connectivity index (χ0) is 9.84. The highest BCUT2D eigenvalue weighted by Crippen LogP contribution is 2.37. The topological polar surface area (TPSA) is 66.8 Å². The number of hydrogen-bond acceptors (Lipinski definition) is 3. The maximum atomic E-state index is 10.4. The fraction of sp³-hybridized carbons (Fsp3) is 0.889. The van der Waals surface area contributed by atoms with E-state index in [9.17, 15) is 4.79 Å². The molecule has 0 amide bonds. The molecule has 0 aromatic rings. The van der Waals surface area contributed by atoms with Gasteiger partial charge in [-0.05, 0) is 25.2 Å². The summed E-state index contributed by atoms with van der Waals surface area (Å²) in [6.45, 7) is 2.70. The Morgan fingerprint density at radius 2 is 2.31 bits per heavy atom. The molecule has 0 saturated heterocycles. The van der Waals surface area contributed by atoms with E-state index >= 15 is 0 Å². The number of carboxylic acid groups (broad SMARTS) is 1. The van der Waals surface area contributed by atoms with Crippen LogP contribution in [0.5, 0.6) is 0 Å². The summed E-state index contributed by atoms with van der Waals surface area (Å²) in [6, 6.07) is 0. The van der Waals surface area contributed by atoms with E-state index in [0.29, 0.717) is 18.4 Å². The van der Waals surface area contributed by atoms with Crippen LogP contribution in [0.4, 0.5) is 0 Å². The number of ether oxygens (including phenoxy) is 1. The number of aliphatic hydroxyl groups excluding tert-OH is 1. The van der Waals surface area contributed by atoms with Crippen LogP contribution in [0.2, 0.25) is 0 Å². The van der Waals surface area contributed by atoms with Crippen molar-refractivity contribution in [1.29, 1.82) is 0 Å². The second-order valence-corrected chi connectivity index (χ2v) is 3.72. The van der Waals surface area contributed by atoms with Crippen LogP contribution >= 0.6 is 0 Å². The molecule has 0 aliphatic heterocycles. The zero-order valence-corrected chi connectivity index (χ0v) is 7.77. The highest BCUT2D eigenvalue weighted by Gasteiger charge is 2.36. The molecular formula is C9H16O4. The molecule has 76 valence electrons. The van der Waals surface area contributed by atoms with Crippen LogP contribution in [0.3, 0.4) is 0 Å². The molecule has 1 unspecified atom stereocenters. The van der Waals surface area contributed by atoms with Gasteiger partial charge in [0.25, 0.3) is 0 Å². The smallest absolute Gasteiger partial charge is 0.308 e. The van der Waals surface area contributed by atoms with Gasteiger partial charge in [-0.3, -0.25) is 4.79 Å². The molecule has 2 N–H and O–H groups in total. The van der Waals surface area contributed by atoms with E-state index in [4.69, 9.17) is 14.9 Å². The molecule has 3 atom stereocenters. The molecule has 0 bridgehead atoms. The normalized spacial score (nSPS) is 28.5. The highest BCUT2D eigenvalue weighted by atomic mass is 16.5. The monoisotopic (exact) mass is 188 g/mol. The van der Waals surface area contributed by atoms with Gasteiger partial charge in [0.05, 0.1) is 12.5 Å². The van der Waals surface area contributed by atoms with Crippen molar-refractivity contribution in [2.75, 3.05) is 19.8 Å². The summed E-state index contributed by atoms with van der Waals surface area (Å²) in [7, 11) is 0. The van der Waals surface area contributed by atoms with Gasteiger partial charge in [0.15, 0.2) is 0 Å². The van der Waals surface area contributed by atoms with Crippen molar-refractivity contribution in [1.82, 2.24) is 0 Å². The van der Waals surface area contributed by atoms with Crippen LogP contribution in [0.15, 0.2) is 0 Å². The molecule has 0 radical (unpaired) electrons. The van der Waals surface area contributed by atoms with Crippen LogP contribution in [0.1, 0.15) is 13.3 Å². The van der Waals surface area contributed by atoms with Crippen molar-refractivity contribution >= 4 is 5.97 Å². The lowest BCUT2D eigenvalue weighted by atomic mass is 10.2. The Hall–Kier alpha value is -0.610. The third-order valence-corrected chi connectivity index (χ3v) is 2.42. The molecular weight excluding hydrogens is 172 g/mol. The molecule has 1 fully saturated rings. The lowest BCUT2D eigenvalue weighted by Crippen LogP contribution is -2.17. The van der Waals surface area contributed by atoms with E-state index in [2.05, 4.69) is 0 Å². The van der Waals surface area contributed by atoms with Gasteiger partial charge in [-0.25, -0.2) is 0 Å². The summed E-state index contributed by atoms with van der Waals surface area (Å²) in [5.74, 6) is -0.424. The van der Waals surface area contributed by atoms with Gasteiger partial charge >= 0.3 is 5.97 Å². The van der Waals surface area contributed by atoms with Gasteiger partial charge in [-0.15, -0.1) is 0 Å². The molecule has 1 saturated carbocycles. The van der Waals surface area contributed by atoms with Crippen LogP contribution in [-0.2, 0) is 9.53 Å². The SMILES string of the molecule is CC(COC[C@@H]1C[C@@H]1CO)C(=O)O. The lowest BCUT2D eigenvalue weighted by Gasteiger charge is -2.06. The molecule has 0 aromatic heterocycles. The molecule has 13 heavy (non-hydrogen) atoms. The van der Waals surface area contributed by atoms with Crippen molar-refractivity contribution in [3.05, 3.63) is 0 Å². The van der Waals surface area contributed by atoms with E-state index in [0.717, 1.165) is 6.42 Å². The summed E-state index contributed by atoms with van der Waals surface area (Å²) >= 11 is 0. The minimum Gasteiger partial charge on any atom is -0.481 e. The summed E-state index contributed by atoms with van der Waals surface area (Å²) in [6.07, 6.45) is 1.01. The van der Waals surface area contributed by atoms with Crippen LogP contribution < -0.4 is 0 Å². The first-order valence-corrected chi connectivity index (χ1v) is 4.56. The van der Waals surface area contributed by atoms with Crippen molar-refractivity contribution in [3.63, 3.8) is 0 Å². The maximum absolute atomic E-state index is 10.4. The zero-order valence-electron chi connectivity index (χ0n) is 7.77. The van der Waals surface area contributed by atoms with Crippen molar-refractivity contribution < 1.29 is 19.7 Å². The highest BCUT2D eigenvalue weighted by molar-refractivity contribution is 5.69. The van der Waals surface area contributed by atoms with Gasteiger partial charge in [0.2, 0.25) is 0 Å². The average molecular weight is 188 g/mol. The van der Waals surface area contributed by atoms with E-state index in [1.54, 1.807) is 6.92 Å². The van der Waals surface area contributed by atoms with E-state index in [1.165, 1.54) is 0 Å². The quantitative estimate of drug-likeness (QED) is 0.631. The first-order chi connectivity index (χ1) is 6.15. The third-order valence-electron chi connectivity index (χ3n) is 2.42.